The molecule has 6 aromatic rings. The number of phenolic OH excluding ortho intramolecular Hbond substituents is 1. The minimum Gasteiger partial charge on any atom is -0.508 e. The highest BCUT2D eigenvalue weighted by atomic mass is 35.5. The number of carbonyl (C=O) groups excluding carboxylic acids is 2. The molecule has 4 aliphatic rings. The number of nitrogens with one attached hydrogen (secondary N) is 1. The molecule has 2 fully saturated rings. The summed E-state index contributed by atoms with van der Waals surface area (Å²) in [6.45, 7) is 16.2. The van der Waals surface area contributed by atoms with Crippen LogP contribution in [-0.4, -0.2) is 147 Å². The van der Waals surface area contributed by atoms with E-state index >= 15 is 0 Å². The van der Waals surface area contributed by atoms with Crippen molar-refractivity contribution in [1.82, 2.24) is 44.3 Å². The number of ether oxygens (including phenoxy) is 3. The molecule has 396 valence electrons. The van der Waals surface area contributed by atoms with Crippen LogP contribution in [0.2, 0.25) is 15.2 Å². The summed E-state index contributed by atoms with van der Waals surface area (Å²) >= 11 is 17.9. The van der Waals surface area contributed by atoms with Crippen LogP contribution in [0.25, 0.3) is 11.3 Å². The number of anilines is 1. The Hall–Kier alpha value is -5.64. The fraction of sp³-hybridized carbons (Fsp3) is 0.480. The summed E-state index contributed by atoms with van der Waals surface area (Å²) in [4.78, 5) is 38.6. The fourth-order valence-electron chi connectivity index (χ4n) is 7.94. The lowest BCUT2D eigenvalue weighted by molar-refractivity contribution is -0.0204. The maximum Gasteiger partial charge on any atom is 0.410 e. The molecule has 23 heteroatoms. The van der Waals surface area contributed by atoms with Gasteiger partial charge >= 0.3 is 12.2 Å². The summed E-state index contributed by atoms with van der Waals surface area (Å²) in [6.07, 6.45) is 6.75. The number of likely N-dealkylation sites (tertiary alicyclic amines) is 1. The largest absolute Gasteiger partial charge is 0.508 e. The highest BCUT2D eigenvalue weighted by Crippen LogP contribution is 2.31. The third-order valence-electron chi connectivity index (χ3n) is 11.2. The highest BCUT2D eigenvalue weighted by molar-refractivity contribution is 7.86. The van der Waals surface area contributed by atoms with E-state index in [0.29, 0.717) is 36.1 Å². The minimum absolute atomic E-state index is 0. The average molecular weight is 1090 g/mol. The molecule has 0 atom stereocenters. The van der Waals surface area contributed by atoms with Crippen molar-refractivity contribution in [2.45, 2.75) is 98.1 Å². The van der Waals surface area contributed by atoms with Crippen molar-refractivity contribution in [3.05, 3.63) is 111 Å². The first-order valence-corrected chi connectivity index (χ1v) is 26.5. The number of phenols is 1. The molecule has 10 rings (SSSR count). The van der Waals surface area contributed by atoms with Gasteiger partial charge in [-0.05, 0) is 109 Å². The Morgan fingerprint density at radius 2 is 1.19 bits per heavy atom. The Kier molecular flexibility index (Phi) is 18.7. The molecule has 2 N–H and O–H groups in total. The van der Waals surface area contributed by atoms with Gasteiger partial charge in [0.05, 0.1) is 56.2 Å². The van der Waals surface area contributed by atoms with Gasteiger partial charge in [0.2, 0.25) is 0 Å². The van der Waals surface area contributed by atoms with Crippen LogP contribution in [0.4, 0.5) is 15.4 Å². The van der Waals surface area contributed by atoms with E-state index in [4.69, 9.17) is 63.3 Å². The zero-order valence-electron chi connectivity index (χ0n) is 41.3. The normalized spacial score (nSPS) is 15.9. The van der Waals surface area contributed by atoms with Crippen molar-refractivity contribution in [2.75, 3.05) is 63.5 Å². The monoisotopic (exact) mass is 1090 g/mol. The van der Waals surface area contributed by atoms with Crippen LogP contribution in [0.3, 0.4) is 0 Å². The van der Waals surface area contributed by atoms with Crippen LogP contribution in [0.15, 0.2) is 73.1 Å². The maximum absolute atomic E-state index is 12.2. The summed E-state index contributed by atoms with van der Waals surface area (Å²) in [7, 11) is -3.45. The molecule has 2 aromatic carbocycles. The molecular formula is C50H65Cl3N10O9S. The number of nitrogens with zero attached hydrogens (tertiary/aromatic N) is 9. The van der Waals surface area contributed by atoms with E-state index < -0.39 is 33.5 Å². The number of aromatic hydroxyl groups is 1. The number of rotatable bonds is 5. The van der Waals surface area contributed by atoms with Gasteiger partial charge in [0.1, 0.15) is 45.9 Å². The fourth-order valence-corrected chi connectivity index (χ4v) is 9.14. The molecule has 0 bridgehead atoms. The molecule has 0 saturated carbocycles. The van der Waals surface area contributed by atoms with E-state index in [1.54, 1.807) is 60.6 Å². The Labute approximate surface area is 441 Å². The first-order chi connectivity index (χ1) is 34.0. The van der Waals surface area contributed by atoms with Crippen LogP contribution in [0.1, 0.15) is 71.5 Å². The first-order valence-electron chi connectivity index (χ1n) is 23.5. The van der Waals surface area contributed by atoms with Crippen LogP contribution >= 0.6 is 34.8 Å². The topological polar surface area (TPSA) is 208 Å². The van der Waals surface area contributed by atoms with Gasteiger partial charge in [-0.2, -0.15) is 23.1 Å². The van der Waals surface area contributed by atoms with Crippen molar-refractivity contribution in [2.24, 2.45) is 0 Å². The van der Waals surface area contributed by atoms with Crippen LogP contribution in [0, 0.1) is 0 Å². The van der Waals surface area contributed by atoms with Gasteiger partial charge in [-0.1, -0.05) is 42.2 Å². The zero-order valence-corrected chi connectivity index (χ0v) is 44.4. The second-order valence-electron chi connectivity index (χ2n) is 19.5. The number of hydrogen-bond acceptors (Lipinski definition) is 15. The Morgan fingerprint density at radius 1 is 0.671 bits per heavy atom. The molecule has 19 nitrogen and oxygen atoms in total. The van der Waals surface area contributed by atoms with E-state index in [9.17, 15) is 18.0 Å². The number of amides is 2. The molecule has 2 amide bonds. The second kappa shape index (κ2) is 24.1. The lowest BCUT2D eigenvalue weighted by Gasteiger charge is -2.41. The maximum atomic E-state index is 12.2. The molecular weight excluding hydrogens is 1020 g/mol. The molecule has 4 aromatic heterocycles. The SMILES string of the molecule is C.CC(C)(C)OC(=O)N1CC(OS(C)(=O)=O)C1.CC(C)(C)OC(=O)N1CCc2nc3ccnn3c(Cl)c2CC1.Clc1ccc(OC2CN(c3c4c(nc5ccnn35)CCNCC4)C2)cc1.Oc1ccc(Cl)cc1. The summed E-state index contributed by atoms with van der Waals surface area (Å²) < 4.78 is 46.5. The number of fused-ring (bicyclic) bond motifs is 4. The summed E-state index contributed by atoms with van der Waals surface area (Å²) in [5.74, 6) is 2.28. The molecule has 73 heavy (non-hydrogen) atoms. The quantitative estimate of drug-likeness (QED) is 0.123. The lowest BCUT2D eigenvalue weighted by atomic mass is 10.1. The van der Waals surface area contributed by atoms with Crippen LogP contribution in [0.5, 0.6) is 11.5 Å². The number of hydrogen-bond donors (Lipinski definition) is 2. The van der Waals surface area contributed by atoms with Gasteiger partial charge in [-0.3, -0.25) is 4.18 Å². The van der Waals surface area contributed by atoms with Crippen molar-refractivity contribution in [3.8, 4) is 11.5 Å². The molecule has 8 heterocycles. The smallest absolute Gasteiger partial charge is 0.410 e. The van der Waals surface area contributed by atoms with Crippen molar-refractivity contribution < 1.29 is 41.5 Å². The predicted octanol–water partition coefficient (Wildman–Crippen LogP) is 8.32. The average Bonchev–Trinajstić information content (AvgIpc) is 3.81. The van der Waals surface area contributed by atoms with Gasteiger partial charge in [0.15, 0.2) is 11.3 Å². The van der Waals surface area contributed by atoms with E-state index in [1.165, 1.54) is 22.0 Å². The number of carbonyl (C=O) groups is 2. The minimum atomic E-state index is -3.45. The van der Waals surface area contributed by atoms with Gasteiger partial charge in [-0.15, -0.1) is 0 Å². The Bertz CT molecular complexity index is 2910. The van der Waals surface area contributed by atoms with E-state index in [2.05, 4.69) is 25.4 Å². The molecule has 0 radical (unpaired) electrons. The highest BCUT2D eigenvalue weighted by Gasteiger charge is 2.37. The van der Waals surface area contributed by atoms with E-state index in [-0.39, 0.29) is 38.5 Å². The first kappa shape index (κ1) is 56.7. The van der Waals surface area contributed by atoms with Gasteiger partial charge in [-0.25, -0.2) is 24.1 Å². The summed E-state index contributed by atoms with van der Waals surface area (Å²) in [5.41, 5.74) is 5.02. The second-order valence-corrected chi connectivity index (χ2v) is 22.3. The van der Waals surface area contributed by atoms with Crippen LogP contribution < -0.4 is 15.0 Å². The van der Waals surface area contributed by atoms with Gasteiger partial charge in [0.25, 0.3) is 10.1 Å². The van der Waals surface area contributed by atoms with Gasteiger partial charge in [0, 0.05) is 65.8 Å². The number of benzene rings is 2. The Balaban J connectivity index is 0.000000169. The lowest BCUT2D eigenvalue weighted by Crippen LogP contribution is -2.56. The van der Waals surface area contributed by atoms with Gasteiger partial charge < -0.3 is 39.3 Å². The van der Waals surface area contributed by atoms with Crippen molar-refractivity contribution >= 4 is 74.2 Å². The molecule has 0 unspecified atom stereocenters. The number of halogens is 3. The number of aromatic nitrogens is 6. The molecule has 4 aliphatic heterocycles. The summed E-state index contributed by atoms with van der Waals surface area (Å²) in [6, 6.07) is 17.7. The molecule has 0 spiro atoms. The third kappa shape index (κ3) is 15.9. The van der Waals surface area contributed by atoms with Crippen molar-refractivity contribution in [1.29, 1.82) is 0 Å². The third-order valence-corrected chi connectivity index (χ3v) is 12.8. The summed E-state index contributed by atoms with van der Waals surface area (Å²) in [5, 5.41) is 22.8. The van der Waals surface area contributed by atoms with E-state index in [1.807, 2.05) is 67.9 Å². The van der Waals surface area contributed by atoms with Crippen molar-refractivity contribution in [3.63, 3.8) is 0 Å². The molecule has 0 aliphatic carbocycles. The standard InChI is InChI=1S/C19H20ClN5O.C15H19ClN4O2.C9H17NO5S.C6H5ClO.CH4/c20-13-1-3-14(4-2-13)26-15-11-24(12-15)19-16-5-8-21-9-6-17(16)23-18-7-10-22-25(18)19;1-15(2,3)22-14(21)19-8-5-10-11(6-9-19)18-12-4-7-17-20(12)13(10)16;1-9(2,3)14-8(11)10-5-7(6-10)15-16(4,12)13;7-5-1-3-6(8)4-2-5;/h1-4,7,10,15,21H,5-6,8-9,11-12H2;4,7H,5-6,8-9H2,1-3H3;7H,5-6H2,1-4H3;1-4,8H;1H4. The van der Waals surface area contributed by atoms with Crippen LogP contribution in [-0.2, 0) is 49.5 Å². The van der Waals surface area contributed by atoms with E-state index in [0.717, 1.165) is 78.6 Å². The molecule has 2 saturated heterocycles. The zero-order chi connectivity index (χ0) is 52.0. The predicted molar refractivity (Wildman–Crippen MR) is 282 cm³/mol. The Morgan fingerprint density at radius 3 is 1.77 bits per heavy atom.